The molecule has 0 amide bonds. The van der Waals surface area contributed by atoms with Gasteiger partial charge in [0.15, 0.2) is 0 Å². The highest BCUT2D eigenvalue weighted by Crippen LogP contribution is 2.47. The zero-order chi connectivity index (χ0) is 14.8. The standard InChI is InChI=1S/C18H31NS/c1-13(2)11-19-12-15-6-8-18(4,5)10-17(15)16-7-9-20-14(16)3/h7,9,13,15,17,19H,6,8,10-12H2,1-5H3. The zero-order valence-corrected chi connectivity index (χ0v) is 14.6. The Balaban J connectivity index is 2.07. The van der Waals surface area contributed by atoms with Crippen molar-refractivity contribution in [2.75, 3.05) is 13.1 Å². The lowest BCUT2D eigenvalue weighted by Crippen LogP contribution is -2.36. The maximum atomic E-state index is 3.70. The molecular formula is C18H31NS. The molecule has 2 atom stereocenters. The lowest BCUT2D eigenvalue weighted by molar-refractivity contribution is 0.159. The van der Waals surface area contributed by atoms with Crippen molar-refractivity contribution in [3.63, 3.8) is 0 Å². The first kappa shape index (κ1) is 16.0. The van der Waals surface area contributed by atoms with Gasteiger partial charge in [0.2, 0.25) is 0 Å². The van der Waals surface area contributed by atoms with Crippen LogP contribution < -0.4 is 5.32 Å². The molecule has 1 nitrogen and oxygen atoms in total. The van der Waals surface area contributed by atoms with Crippen LogP contribution in [0.2, 0.25) is 0 Å². The topological polar surface area (TPSA) is 12.0 Å². The molecule has 0 spiro atoms. The van der Waals surface area contributed by atoms with Gasteiger partial charge in [-0.25, -0.2) is 0 Å². The number of thiophene rings is 1. The molecule has 114 valence electrons. The van der Waals surface area contributed by atoms with E-state index in [-0.39, 0.29) is 0 Å². The molecule has 2 rings (SSSR count). The van der Waals surface area contributed by atoms with E-state index in [4.69, 9.17) is 0 Å². The lowest BCUT2D eigenvalue weighted by Gasteiger charge is -2.41. The van der Waals surface area contributed by atoms with Crippen molar-refractivity contribution in [2.45, 2.75) is 59.8 Å². The van der Waals surface area contributed by atoms with Crippen LogP contribution in [-0.4, -0.2) is 13.1 Å². The summed E-state index contributed by atoms with van der Waals surface area (Å²) in [5.74, 6) is 2.32. The van der Waals surface area contributed by atoms with Gasteiger partial charge in [0, 0.05) is 4.88 Å². The van der Waals surface area contributed by atoms with Crippen molar-refractivity contribution in [3.05, 3.63) is 21.9 Å². The van der Waals surface area contributed by atoms with Crippen LogP contribution in [0.5, 0.6) is 0 Å². The second kappa shape index (κ2) is 6.62. The van der Waals surface area contributed by atoms with Crippen LogP contribution in [0.25, 0.3) is 0 Å². The van der Waals surface area contributed by atoms with E-state index >= 15 is 0 Å². The molecule has 1 aliphatic carbocycles. The van der Waals surface area contributed by atoms with Gasteiger partial charge in [-0.1, -0.05) is 27.7 Å². The molecule has 2 heteroatoms. The molecule has 1 saturated carbocycles. The fraction of sp³-hybridized carbons (Fsp3) is 0.778. The van der Waals surface area contributed by atoms with E-state index in [1.807, 2.05) is 11.3 Å². The molecular weight excluding hydrogens is 262 g/mol. The number of aryl methyl sites for hydroxylation is 1. The first-order chi connectivity index (χ1) is 9.39. The van der Waals surface area contributed by atoms with Gasteiger partial charge in [-0.15, -0.1) is 11.3 Å². The Hall–Kier alpha value is -0.340. The van der Waals surface area contributed by atoms with Crippen LogP contribution in [0.1, 0.15) is 63.3 Å². The largest absolute Gasteiger partial charge is 0.316 e. The molecule has 0 aromatic carbocycles. The molecule has 20 heavy (non-hydrogen) atoms. The van der Waals surface area contributed by atoms with Gasteiger partial charge in [0.25, 0.3) is 0 Å². The predicted molar refractivity (Wildman–Crippen MR) is 90.6 cm³/mol. The monoisotopic (exact) mass is 293 g/mol. The molecule has 1 heterocycles. The van der Waals surface area contributed by atoms with E-state index in [0.717, 1.165) is 24.3 Å². The Bertz CT molecular complexity index is 419. The highest BCUT2D eigenvalue weighted by atomic mass is 32.1. The van der Waals surface area contributed by atoms with Crippen LogP contribution in [0.3, 0.4) is 0 Å². The summed E-state index contributed by atoms with van der Waals surface area (Å²) < 4.78 is 0. The first-order valence-electron chi connectivity index (χ1n) is 8.14. The highest BCUT2D eigenvalue weighted by molar-refractivity contribution is 7.10. The number of hydrogen-bond acceptors (Lipinski definition) is 2. The van der Waals surface area contributed by atoms with Gasteiger partial charge in [0.1, 0.15) is 0 Å². The summed E-state index contributed by atoms with van der Waals surface area (Å²) in [5.41, 5.74) is 2.13. The fourth-order valence-corrected chi connectivity index (χ4v) is 4.36. The Morgan fingerprint density at radius 2 is 2.15 bits per heavy atom. The molecule has 2 unspecified atom stereocenters. The minimum atomic E-state index is 0.508. The predicted octanol–water partition coefficient (Wildman–Crippen LogP) is 5.21. The summed E-state index contributed by atoms with van der Waals surface area (Å²) in [6.07, 6.45) is 4.09. The van der Waals surface area contributed by atoms with E-state index in [1.54, 1.807) is 5.56 Å². The highest BCUT2D eigenvalue weighted by Gasteiger charge is 2.36. The van der Waals surface area contributed by atoms with Gasteiger partial charge in [-0.3, -0.25) is 0 Å². The van der Waals surface area contributed by atoms with Gasteiger partial charge in [-0.05, 0) is 79.5 Å². The van der Waals surface area contributed by atoms with Crippen LogP contribution >= 0.6 is 11.3 Å². The van der Waals surface area contributed by atoms with Crippen molar-refractivity contribution >= 4 is 11.3 Å². The number of rotatable bonds is 5. The molecule has 0 aliphatic heterocycles. The van der Waals surface area contributed by atoms with E-state index in [9.17, 15) is 0 Å². The second-order valence-corrected chi connectivity index (χ2v) is 8.88. The van der Waals surface area contributed by atoms with E-state index < -0.39 is 0 Å². The third kappa shape index (κ3) is 4.08. The van der Waals surface area contributed by atoms with Crippen LogP contribution in [0, 0.1) is 24.2 Å². The van der Waals surface area contributed by atoms with Crippen molar-refractivity contribution in [1.82, 2.24) is 5.32 Å². The summed E-state index contributed by atoms with van der Waals surface area (Å²) >= 11 is 1.91. The van der Waals surface area contributed by atoms with Crippen LogP contribution in [0.4, 0.5) is 0 Å². The van der Waals surface area contributed by atoms with Gasteiger partial charge < -0.3 is 5.32 Å². The third-order valence-electron chi connectivity index (χ3n) is 4.79. The molecule has 0 bridgehead atoms. The maximum absolute atomic E-state index is 3.70. The Morgan fingerprint density at radius 3 is 2.75 bits per heavy atom. The minimum Gasteiger partial charge on any atom is -0.316 e. The Kier molecular flexibility index (Phi) is 5.30. The summed E-state index contributed by atoms with van der Waals surface area (Å²) in [6, 6.07) is 2.38. The number of nitrogens with one attached hydrogen (secondary N) is 1. The molecule has 0 saturated heterocycles. The smallest absolute Gasteiger partial charge is 0.00491 e. The Morgan fingerprint density at radius 1 is 1.40 bits per heavy atom. The molecule has 1 aliphatic rings. The lowest BCUT2D eigenvalue weighted by atomic mass is 9.65. The third-order valence-corrected chi connectivity index (χ3v) is 5.65. The van der Waals surface area contributed by atoms with E-state index in [1.165, 1.54) is 30.7 Å². The van der Waals surface area contributed by atoms with Crippen molar-refractivity contribution in [1.29, 1.82) is 0 Å². The molecule has 1 N–H and O–H groups in total. The average Bonchev–Trinajstić information content (AvgIpc) is 2.76. The first-order valence-corrected chi connectivity index (χ1v) is 9.02. The minimum absolute atomic E-state index is 0.508. The summed E-state index contributed by atoms with van der Waals surface area (Å²) in [5, 5.41) is 5.97. The number of hydrogen-bond donors (Lipinski definition) is 1. The van der Waals surface area contributed by atoms with Crippen LogP contribution in [0.15, 0.2) is 11.4 Å². The van der Waals surface area contributed by atoms with Crippen molar-refractivity contribution in [2.24, 2.45) is 17.3 Å². The average molecular weight is 294 g/mol. The van der Waals surface area contributed by atoms with Crippen molar-refractivity contribution < 1.29 is 0 Å². The van der Waals surface area contributed by atoms with E-state index in [0.29, 0.717) is 5.41 Å². The van der Waals surface area contributed by atoms with E-state index in [2.05, 4.69) is 51.4 Å². The Labute approximate surface area is 129 Å². The second-order valence-electron chi connectivity index (χ2n) is 7.76. The van der Waals surface area contributed by atoms with Crippen LogP contribution in [-0.2, 0) is 0 Å². The summed E-state index contributed by atoms with van der Waals surface area (Å²) in [4.78, 5) is 1.53. The fourth-order valence-electron chi connectivity index (χ4n) is 3.59. The normalized spacial score (nSPS) is 26.1. The van der Waals surface area contributed by atoms with Gasteiger partial charge in [-0.2, -0.15) is 0 Å². The molecule has 1 fully saturated rings. The molecule has 0 radical (unpaired) electrons. The summed E-state index contributed by atoms with van der Waals surface area (Å²) in [7, 11) is 0. The van der Waals surface area contributed by atoms with Gasteiger partial charge in [0.05, 0.1) is 0 Å². The zero-order valence-electron chi connectivity index (χ0n) is 13.8. The maximum Gasteiger partial charge on any atom is 0.00491 e. The quantitative estimate of drug-likeness (QED) is 0.785. The van der Waals surface area contributed by atoms with Gasteiger partial charge >= 0.3 is 0 Å². The summed E-state index contributed by atoms with van der Waals surface area (Å²) in [6.45, 7) is 14.1. The molecule has 1 aromatic rings. The van der Waals surface area contributed by atoms with Crippen molar-refractivity contribution in [3.8, 4) is 0 Å². The SMILES string of the molecule is Cc1sccc1C1CC(C)(C)CCC1CNCC(C)C. The molecule has 1 aromatic heterocycles.